The van der Waals surface area contributed by atoms with Crippen molar-refractivity contribution in [2.75, 3.05) is 41.3 Å². The Bertz CT molecular complexity index is 1680. The summed E-state index contributed by atoms with van der Waals surface area (Å²) in [5.41, 5.74) is 0. The zero-order valence-corrected chi connectivity index (χ0v) is 66.3. The molecule has 0 spiro atoms. The third kappa shape index (κ3) is 55.0. The highest BCUT2D eigenvalue weighted by atomic mass is 16.5. The number of unbranched alkanes of at least 4 members (excludes halogenated alkanes) is 38. The Hall–Kier alpha value is -1.66. The van der Waals surface area contributed by atoms with E-state index in [0.29, 0.717) is 12.8 Å². The molecule has 0 saturated heterocycles. The molecule has 0 aliphatic heterocycles. The number of hydrogen-bond donors (Lipinski definition) is 0. The molecule has 4 aliphatic rings. The minimum atomic E-state index is 0.0148. The number of ether oxygens (including phenoxy) is 2. The van der Waals surface area contributed by atoms with E-state index in [1.807, 2.05) is 0 Å². The zero-order chi connectivity index (χ0) is 69.0. The van der Waals surface area contributed by atoms with Crippen LogP contribution >= 0.6 is 0 Å². The Kier molecular flexibility index (Phi) is 58.2. The first-order valence-electron chi connectivity index (χ1n) is 44.0. The average molecular weight is 1340 g/mol. The molecule has 0 aromatic carbocycles. The van der Waals surface area contributed by atoms with E-state index in [9.17, 15) is 9.59 Å². The van der Waals surface area contributed by atoms with Crippen LogP contribution in [-0.4, -0.2) is 75.2 Å². The van der Waals surface area contributed by atoms with Gasteiger partial charge in [0.05, 0.1) is 0 Å². The summed E-state index contributed by atoms with van der Waals surface area (Å²) in [6.45, 7) is 11.1. The second kappa shape index (κ2) is 63.1. The lowest BCUT2D eigenvalue weighted by Gasteiger charge is -2.18. The first kappa shape index (κ1) is 88.6. The minimum Gasteiger partial charge on any atom is -0.462 e. The maximum Gasteiger partial charge on any atom is 0.306 e. The maximum atomic E-state index is 12.6. The van der Waals surface area contributed by atoms with Crippen LogP contribution in [0.25, 0.3) is 0 Å². The van der Waals surface area contributed by atoms with Gasteiger partial charge in [0.1, 0.15) is 12.2 Å². The summed E-state index contributed by atoms with van der Waals surface area (Å²) < 4.78 is 12.1. The molecular formula is C90H170N2O4. The second-order valence-electron chi connectivity index (χ2n) is 33.4. The predicted octanol–water partition coefficient (Wildman–Crippen LogP) is 28.1. The lowest BCUT2D eigenvalue weighted by Crippen LogP contribution is -2.20. The van der Waals surface area contributed by atoms with Crippen LogP contribution < -0.4 is 0 Å². The topological polar surface area (TPSA) is 59.1 Å². The van der Waals surface area contributed by atoms with E-state index >= 15 is 0 Å². The summed E-state index contributed by atoms with van der Waals surface area (Å²) in [4.78, 5) is 29.5. The van der Waals surface area contributed by atoms with Gasteiger partial charge < -0.3 is 19.3 Å². The molecule has 6 heteroatoms. The molecule has 0 bridgehead atoms. The zero-order valence-electron chi connectivity index (χ0n) is 66.3. The van der Waals surface area contributed by atoms with E-state index < -0.39 is 0 Å². The quantitative estimate of drug-likeness (QED) is 0.0344. The van der Waals surface area contributed by atoms with Gasteiger partial charge in [-0.15, -0.1) is 0 Å². The Morgan fingerprint density at radius 3 is 0.771 bits per heavy atom. The largest absolute Gasteiger partial charge is 0.462 e. The average Bonchev–Trinajstić information content (AvgIpc) is 1.66. The molecule has 4 rings (SSSR count). The fraction of sp³-hybridized carbons (Fsp3) is 0.933. The number of nitrogens with zero attached hydrogens (tertiary/aromatic N) is 2. The van der Waals surface area contributed by atoms with Crippen LogP contribution in [0.3, 0.4) is 0 Å². The normalized spacial score (nSPS) is 20.7. The molecule has 0 aromatic rings. The predicted molar refractivity (Wildman–Crippen MR) is 421 cm³/mol. The standard InChI is InChI=1S/C47H87NO2.C43H83NO2/c1-5-7-17-24-38-32-42(38)36-44-34-40(44)26-19-13-9-11-15-21-28-46(50-47(49)30-23-31-48(3)4)29-22-16-12-10-14-20-27-41-35-45(41)37-43-33-39(43)25-18-8-6-2;1-5-7-9-11-13-15-17-19-21-23-25-27-29-31-33-35-38-42(46-43(45)40-37-41-44(3)4)39-36-34-32-30-28-26-24-22-20-18-16-14-12-10-8-6-2/h38-46H,5-37H2,1-4H3;19-22,42H,5-18,23-41H2,1-4H3/b;21-19-,22-20-. The fourth-order valence-corrected chi connectivity index (χ4v) is 16.2. The summed E-state index contributed by atoms with van der Waals surface area (Å²) in [5.74, 6) is 8.87. The molecule has 0 amide bonds. The first-order valence-corrected chi connectivity index (χ1v) is 44.0. The van der Waals surface area contributed by atoms with Gasteiger partial charge in [0.15, 0.2) is 0 Å². The van der Waals surface area contributed by atoms with E-state index in [4.69, 9.17) is 9.47 Å². The highest BCUT2D eigenvalue weighted by Crippen LogP contribution is 2.56. The van der Waals surface area contributed by atoms with E-state index in [1.165, 1.54) is 321 Å². The molecule has 0 radical (unpaired) electrons. The highest BCUT2D eigenvalue weighted by Gasteiger charge is 2.45. The lowest BCUT2D eigenvalue weighted by molar-refractivity contribution is -0.151. The van der Waals surface area contributed by atoms with Crippen molar-refractivity contribution in [3.8, 4) is 0 Å². The van der Waals surface area contributed by atoms with Crippen molar-refractivity contribution in [1.82, 2.24) is 9.80 Å². The van der Waals surface area contributed by atoms with Gasteiger partial charge in [-0.25, -0.2) is 0 Å². The van der Waals surface area contributed by atoms with Crippen LogP contribution in [0, 0.1) is 47.3 Å². The molecule has 96 heavy (non-hydrogen) atoms. The molecule has 0 N–H and O–H groups in total. The smallest absolute Gasteiger partial charge is 0.306 e. The molecule has 4 saturated carbocycles. The van der Waals surface area contributed by atoms with Crippen molar-refractivity contribution in [3.05, 3.63) is 24.3 Å². The van der Waals surface area contributed by atoms with Crippen molar-refractivity contribution in [2.24, 2.45) is 47.3 Å². The van der Waals surface area contributed by atoms with Gasteiger partial charge in [-0.05, 0) is 243 Å². The number of esters is 2. The van der Waals surface area contributed by atoms with E-state index in [2.05, 4.69) is 90.0 Å². The van der Waals surface area contributed by atoms with Crippen LogP contribution in [0.2, 0.25) is 0 Å². The second-order valence-corrected chi connectivity index (χ2v) is 33.4. The summed E-state index contributed by atoms with van der Waals surface area (Å²) in [6, 6.07) is 0. The fourth-order valence-electron chi connectivity index (χ4n) is 16.2. The summed E-state index contributed by atoms with van der Waals surface area (Å²) in [6.07, 6.45) is 94.8. The first-order chi connectivity index (χ1) is 47.1. The van der Waals surface area contributed by atoms with Crippen molar-refractivity contribution >= 4 is 11.9 Å². The van der Waals surface area contributed by atoms with Crippen LogP contribution in [0.4, 0.5) is 0 Å². The van der Waals surface area contributed by atoms with Crippen molar-refractivity contribution in [1.29, 1.82) is 0 Å². The van der Waals surface area contributed by atoms with Gasteiger partial charge in [-0.1, -0.05) is 296 Å². The van der Waals surface area contributed by atoms with Gasteiger partial charge in [0.2, 0.25) is 0 Å². The summed E-state index contributed by atoms with van der Waals surface area (Å²) >= 11 is 0. The van der Waals surface area contributed by atoms with Gasteiger partial charge in [0.25, 0.3) is 0 Å². The van der Waals surface area contributed by atoms with Crippen LogP contribution in [0.5, 0.6) is 0 Å². The molecular weight excluding hydrogens is 1170 g/mol. The van der Waals surface area contributed by atoms with Crippen LogP contribution in [-0.2, 0) is 19.1 Å². The Morgan fingerprint density at radius 2 is 0.510 bits per heavy atom. The van der Waals surface area contributed by atoms with Crippen molar-refractivity contribution < 1.29 is 19.1 Å². The summed E-state index contributed by atoms with van der Waals surface area (Å²) in [5, 5.41) is 0. The number of hydrogen-bond acceptors (Lipinski definition) is 6. The van der Waals surface area contributed by atoms with Crippen molar-refractivity contribution in [3.63, 3.8) is 0 Å². The van der Waals surface area contributed by atoms with Gasteiger partial charge in [-0.2, -0.15) is 0 Å². The Balaban J connectivity index is 0.000000503. The van der Waals surface area contributed by atoms with Crippen LogP contribution in [0.1, 0.15) is 439 Å². The number of allylic oxidation sites excluding steroid dienone is 4. The van der Waals surface area contributed by atoms with Crippen LogP contribution in [0.15, 0.2) is 24.3 Å². The number of carbonyl (C=O) groups excluding carboxylic acids is 2. The Labute approximate surface area is 601 Å². The molecule has 0 aromatic heterocycles. The molecule has 0 heterocycles. The monoisotopic (exact) mass is 1340 g/mol. The van der Waals surface area contributed by atoms with E-state index in [-0.39, 0.29) is 24.1 Å². The van der Waals surface area contributed by atoms with Gasteiger partial charge in [0, 0.05) is 12.8 Å². The van der Waals surface area contributed by atoms with E-state index in [0.717, 1.165) is 99.0 Å². The molecule has 6 nitrogen and oxygen atoms in total. The molecule has 4 fully saturated rings. The number of rotatable bonds is 72. The molecule has 564 valence electrons. The molecule has 8 atom stereocenters. The highest BCUT2D eigenvalue weighted by molar-refractivity contribution is 5.69. The lowest BCUT2D eigenvalue weighted by atomic mass is 10.0. The third-order valence-corrected chi connectivity index (χ3v) is 23.2. The van der Waals surface area contributed by atoms with Gasteiger partial charge >= 0.3 is 11.9 Å². The molecule has 8 unspecified atom stereocenters. The van der Waals surface area contributed by atoms with Crippen molar-refractivity contribution in [2.45, 2.75) is 451 Å². The minimum absolute atomic E-state index is 0.0148. The Morgan fingerprint density at radius 1 is 0.292 bits per heavy atom. The molecule has 4 aliphatic carbocycles. The SMILES string of the molecule is CCCCCC1CC1CC1CC1CCCCCCCCC(CCCCCCCCC1CC1CC1CC1CCCCC)OC(=O)CCCN(C)C.CCCCCCCC/C=C\CCCCCCCCC(CCCCCCCC/C=C\CCCCCCCC)OC(=O)CCCN(C)C. The maximum absolute atomic E-state index is 12.6. The number of carbonyl (C=O) groups is 2. The third-order valence-electron chi connectivity index (χ3n) is 23.2. The summed E-state index contributed by atoms with van der Waals surface area (Å²) in [7, 11) is 8.29. The van der Waals surface area contributed by atoms with E-state index in [1.54, 1.807) is 38.5 Å². The van der Waals surface area contributed by atoms with Gasteiger partial charge in [-0.3, -0.25) is 9.59 Å².